The van der Waals surface area contributed by atoms with E-state index < -0.39 is 0 Å². The van der Waals surface area contributed by atoms with Crippen LogP contribution in [0.2, 0.25) is 0 Å². The van der Waals surface area contributed by atoms with Gasteiger partial charge in [-0.3, -0.25) is 4.79 Å². The molecule has 0 atom stereocenters. The highest BCUT2D eigenvalue weighted by Gasteiger charge is 2.10. The molecule has 0 aliphatic rings. The largest absolute Gasteiger partial charge is 0.343 e. The summed E-state index contributed by atoms with van der Waals surface area (Å²) in [5, 5.41) is 1.10. The van der Waals surface area contributed by atoms with E-state index in [1.807, 2.05) is 32.6 Å². The lowest BCUT2D eigenvalue weighted by molar-refractivity contribution is -0.127. The van der Waals surface area contributed by atoms with E-state index in [0.717, 1.165) is 29.5 Å². The summed E-state index contributed by atoms with van der Waals surface area (Å²) in [5.74, 6) is 1.70. The third-order valence-corrected chi connectivity index (χ3v) is 4.77. The molecule has 5 heteroatoms. The van der Waals surface area contributed by atoms with Crippen molar-refractivity contribution >= 4 is 29.0 Å². The number of aryl methyl sites for hydroxylation is 2. The van der Waals surface area contributed by atoms with Gasteiger partial charge in [0, 0.05) is 23.7 Å². The zero-order valence-electron chi connectivity index (χ0n) is 10.9. The first-order chi connectivity index (χ1) is 8.08. The van der Waals surface area contributed by atoms with Crippen molar-refractivity contribution in [2.24, 2.45) is 0 Å². The summed E-state index contributed by atoms with van der Waals surface area (Å²) in [4.78, 5) is 19.3. The zero-order chi connectivity index (χ0) is 12.8. The van der Waals surface area contributed by atoms with E-state index in [0.29, 0.717) is 5.75 Å². The quantitative estimate of drug-likeness (QED) is 0.798. The van der Waals surface area contributed by atoms with Gasteiger partial charge in [-0.15, -0.1) is 23.1 Å². The van der Waals surface area contributed by atoms with Crippen molar-refractivity contribution in [3.8, 4) is 0 Å². The van der Waals surface area contributed by atoms with Crippen molar-refractivity contribution in [1.82, 2.24) is 9.88 Å². The minimum absolute atomic E-state index is 0.235. The molecule has 1 amide bonds. The Kier molecular flexibility index (Phi) is 5.98. The van der Waals surface area contributed by atoms with Crippen LogP contribution >= 0.6 is 23.1 Å². The van der Waals surface area contributed by atoms with Crippen molar-refractivity contribution in [1.29, 1.82) is 0 Å². The molecule has 1 rings (SSSR count). The van der Waals surface area contributed by atoms with E-state index in [1.54, 1.807) is 23.1 Å². The van der Waals surface area contributed by atoms with E-state index in [9.17, 15) is 4.79 Å². The Balaban J connectivity index is 2.37. The van der Waals surface area contributed by atoms with E-state index >= 15 is 0 Å². The number of hydrogen-bond acceptors (Lipinski definition) is 4. The molecule has 0 saturated heterocycles. The maximum atomic E-state index is 11.8. The number of carbonyl (C=O) groups excluding carboxylic acids is 1. The Morgan fingerprint density at radius 1 is 1.35 bits per heavy atom. The molecule has 0 fully saturated rings. The Labute approximate surface area is 112 Å². The van der Waals surface area contributed by atoms with Gasteiger partial charge in [0.15, 0.2) is 0 Å². The molecule has 17 heavy (non-hydrogen) atoms. The topological polar surface area (TPSA) is 33.2 Å². The van der Waals surface area contributed by atoms with Crippen molar-refractivity contribution < 1.29 is 4.79 Å². The molecule has 96 valence electrons. The van der Waals surface area contributed by atoms with Crippen molar-refractivity contribution in [3.05, 3.63) is 15.6 Å². The van der Waals surface area contributed by atoms with E-state index in [-0.39, 0.29) is 5.91 Å². The normalized spacial score (nSPS) is 10.6. The molecule has 1 heterocycles. The maximum absolute atomic E-state index is 11.8. The van der Waals surface area contributed by atoms with E-state index in [4.69, 9.17) is 0 Å². The first-order valence-corrected chi connectivity index (χ1v) is 7.84. The fourth-order valence-electron chi connectivity index (χ4n) is 1.61. The number of carbonyl (C=O) groups is 1. The smallest absolute Gasteiger partial charge is 0.232 e. The average molecular weight is 272 g/mol. The van der Waals surface area contributed by atoms with Crippen LogP contribution in [0.1, 0.15) is 29.4 Å². The monoisotopic (exact) mass is 272 g/mol. The number of amides is 1. The second-order valence-corrected chi connectivity index (χ2v) is 6.07. The van der Waals surface area contributed by atoms with Gasteiger partial charge in [0.05, 0.1) is 16.5 Å². The SMILES string of the molecule is CCN(CC)C(=O)CSCc1sc(C)nc1C. The average Bonchev–Trinajstić information content (AvgIpc) is 2.59. The Hall–Kier alpha value is -0.550. The molecule has 0 aliphatic heterocycles. The second-order valence-electron chi connectivity index (χ2n) is 3.80. The molecule has 0 N–H and O–H groups in total. The number of thioether (sulfide) groups is 1. The van der Waals surface area contributed by atoms with Crippen LogP contribution in [0.15, 0.2) is 0 Å². The van der Waals surface area contributed by atoms with Gasteiger partial charge in [0.1, 0.15) is 0 Å². The van der Waals surface area contributed by atoms with Crippen LogP contribution in [0.5, 0.6) is 0 Å². The van der Waals surface area contributed by atoms with Crippen LogP contribution in [-0.4, -0.2) is 34.6 Å². The summed E-state index contributed by atoms with van der Waals surface area (Å²) in [6.07, 6.45) is 0. The fourth-order valence-corrected chi connectivity index (χ4v) is 3.68. The summed E-state index contributed by atoms with van der Waals surface area (Å²) in [6, 6.07) is 0. The molecule has 0 radical (unpaired) electrons. The maximum Gasteiger partial charge on any atom is 0.232 e. The first-order valence-electron chi connectivity index (χ1n) is 5.86. The first kappa shape index (κ1) is 14.5. The highest BCUT2D eigenvalue weighted by atomic mass is 32.2. The van der Waals surface area contributed by atoms with Gasteiger partial charge >= 0.3 is 0 Å². The standard InChI is InChI=1S/C12H20N2OS2/c1-5-14(6-2)12(15)8-16-7-11-9(3)13-10(4)17-11/h5-8H2,1-4H3. The van der Waals surface area contributed by atoms with Crippen molar-refractivity contribution in [3.63, 3.8) is 0 Å². The lowest BCUT2D eigenvalue weighted by Gasteiger charge is -2.17. The van der Waals surface area contributed by atoms with Gasteiger partial charge < -0.3 is 4.90 Å². The number of nitrogens with zero attached hydrogens (tertiary/aromatic N) is 2. The third kappa shape index (κ3) is 4.32. The third-order valence-electron chi connectivity index (χ3n) is 2.57. The molecule has 0 unspecified atom stereocenters. The van der Waals surface area contributed by atoms with Crippen LogP contribution < -0.4 is 0 Å². The predicted molar refractivity (Wildman–Crippen MR) is 75.7 cm³/mol. The molecule has 3 nitrogen and oxygen atoms in total. The Bertz CT molecular complexity index is 373. The minimum Gasteiger partial charge on any atom is -0.343 e. The number of hydrogen-bond donors (Lipinski definition) is 0. The number of thiazole rings is 1. The van der Waals surface area contributed by atoms with Crippen LogP contribution in [0.4, 0.5) is 0 Å². The van der Waals surface area contributed by atoms with E-state index in [1.165, 1.54) is 4.88 Å². The molecule has 0 bridgehead atoms. The van der Waals surface area contributed by atoms with Gasteiger partial charge in [-0.2, -0.15) is 0 Å². The zero-order valence-corrected chi connectivity index (χ0v) is 12.6. The number of rotatable bonds is 6. The highest BCUT2D eigenvalue weighted by Crippen LogP contribution is 2.22. The fraction of sp³-hybridized carbons (Fsp3) is 0.667. The second kappa shape index (κ2) is 7.01. The molecule has 1 aromatic heterocycles. The molecule has 0 spiro atoms. The van der Waals surface area contributed by atoms with Crippen LogP contribution in [-0.2, 0) is 10.5 Å². The molecular formula is C12H20N2OS2. The summed E-state index contributed by atoms with van der Waals surface area (Å²) < 4.78 is 0. The van der Waals surface area contributed by atoms with Crippen LogP contribution in [0, 0.1) is 13.8 Å². The van der Waals surface area contributed by atoms with Gasteiger partial charge in [0.25, 0.3) is 0 Å². The summed E-state index contributed by atoms with van der Waals surface area (Å²) in [7, 11) is 0. The lowest BCUT2D eigenvalue weighted by atomic mass is 10.4. The molecular weight excluding hydrogens is 252 g/mol. The Morgan fingerprint density at radius 3 is 2.47 bits per heavy atom. The summed E-state index contributed by atoms with van der Waals surface area (Å²) in [6.45, 7) is 9.69. The summed E-state index contributed by atoms with van der Waals surface area (Å²) >= 11 is 3.41. The molecule has 0 saturated carbocycles. The van der Waals surface area contributed by atoms with Crippen molar-refractivity contribution in [2.45, 2.75) is 33.4 Å². The van der Waals surface area contributed by atoms with Gasteiger partial charge in [-0.05, 0) is 27.7 Å². The molecule has 1 aromatic rings. The number of aromatic nitrogens is 1. The van der Waals surface area contributed by atoms with Crippen LogP contribution in [0.3, 0.4) is 0 Å². The minimum atomic E-state index is 0.235. The molecule has 0 aliphatic carbocycles. The predicted octanol–water partition coefficient (Wildman–Crippen LogP) is 2.86. The molecule has 0 aromatic carbocycles. The van der Waals surface area contributed by atoms with Gasteiger partial charge in [0.2, 0.25) is 5.91 Å². The lowest BCUT2D eigenvalue weighted by Crippen LogP contribution is -2.31. The van der Waals surface area contributed by atoms with Gasteiger partial charge in [-0.1, -0.05) is 0 Å². The van der Waals surface area contributed by atoms with Crippen molar-refractivity contribution in [2.75, 3.05) is 18.8 Å². The van der Waals surface area contributed by atoms with Crippen LogP contribution in [0.25, 0.3) is 0 Å². The Morgan fingerprint density at radius 2 is 2.00 bits per heavy atom. The summed E-state index contributed by atoms with van der Waals surface area (Å²) in [5.41, 5.74) is 1.11. The van der Waals surface area contributed by atoms with E-state index in [2.05, 4.69) is 4.98 Å². The van der Waals surface area contributed by atoms with Gasteiger partial charge in [-0.25, -0.2) is 4.98 Å². The highest BCUT2D eigenvalue weighted by molar-refractivity contribution is 7.99.